The topological polar surface area (TPSA) is 160 Å². The van der Waals surface area contributed by atoms with Gasteiger partial charge in [-0.15, -0.1) is 0 Å². The first-order valence-electron chi connectivity index (χ1n) is 12.0. The summed E-state index contributed by atoms with van der Waals surface area (Å²) in [5.41, 5.74) is 2.25. The zero-order chi connectivity index (χ0) is 28.2. The summed E-state index contributed by atoms with van der Waals surface area (Å²) in [4.78, 5) is 40.4. The molecule has 1 atom stereocenters. The molecule has 0 spiro atoms. The van der Waals surface area contributed by atoms with E-state index in [1.807, 2.05) is 0 Å². The zero-order valence-electron chi connectivity index (χ0n) is 22.3. The Morgan fingerprint density at radius 2 is 1.57 bits per heavy atom. The number of hydrogen-bond acceptors (Lipinski definition) is 8. The van der Waals surface area contributed by atoms with Gasteiger partial charge in [-0.3, -0.25) is 9.59 Å². The van der Waals surface area contributed by atoms with Gasteiger partial charge in [0.05, 0.1) is 12.0 Å². The average molecular weight is 543 g/mol. The van der Waals surface area contributed by atoms with Crippen molar-refractivity contribution in [1.29, 1.82) is 0 Å². The van der Waals surface area contributed by atoms with E-state index in [-0.39, 0.29) is 37.5 Å². The molecule has 37 heavy (non-hydrogen) atoms. The van der Waals surface area contributed by atoms with E-state index in [9.17, 15) is 27.9 Å². The number of aliphatic hydroxyl groups is 1. The highest BCUT2D eigenvalue weighted by Crippen LogP contribution is 2.30. The molecule has 0 aliphatic carbocycles. The molecule has 208 valence electrons. The molecule has 1 aromatic rings. The van der Waals surface area contributed by atoms with E-state index in [0.29, 0.717) is 10.1 Å². The molecule has 1 aliphatic heterocycles. The number of nitrogens with two attached hydrogens (primary N) is 1. The highest BCUT2D eigenvalue weighted by molar-refractivity contribution is 7.89. The van der Waals surface area contributed by atoms with Crippen LogP contribution in [-0.4, -0.2) is 96.7 Å². The normalized spacial score (nSPS) is 16.5. The number of piperazine rings is 1. The SMILES string of the molecule is COc1ccc(S(=O)(=O)N(CCC(=O)N2CCN(C(=O)OC(C)(C)C)CC2)C(O)(C(N)=O)C(C)C)cc1. The lowest BCUT2D eigenvalue weighted by Gasteiger charge is -2.39. The minimum atomic E-state index is -4.45. The third kappa shape index (κ3) is 7.11. The summed E-state index contributed by atoms with van der Waals surface area (Å²) in [6.45, 7) is 8.69. The van der Waals surface area contributed by atoms with Gasteiger partial charge in [-0.2, -0.15) is 4.31 Å². The lowest BCUT2D eigenvalue weighted by atomic mass is 9.98. The minimum Gasteiger partial charge on any atom is -0.497 e. The van der Waals surface area contributed by atoms with Crippen LogP contribution in [0.5, 0.6) is 5.75 Å². The first-order chi connectivity index (χ1) is 17.0. The number of nitrogens with zero attached hydrogens (tertiary/aromatic N) is 3. The van der Waals surface area contributed by atoms with Crippen molar-refractivity contribution in [2.24, 2.45) is 11.7 Å². The van der Waals surface area contributed by atoms with Crippen molar-refractivity contribution in [1.82, 2.24) is 14.1 Å². The van der Waals surface area contributed by atoms with Gasteiger partial charge in [-0.1, -0.05) is 13.8 Å². The van der Waals surface area contributed by atoms with Gasteiger partial charge in [0.1, 0.15) is 11.4 Å². The fourth-order valence-electron chi connectivity index (χ4n) is 3.86. The molecule has 3 N–H and O–H groups in total. The molecule has 0 radical (unpaired) electrons. The molecule has 1 heterocycles. The van der Waals surface area contributed by atoms with Crippen molar-refractivity contribution >= 4 is 27.9 Å². The molecule has 3 amide bonds. The number of carbonyl (C=O) groups excluding carboxylic acids is 3. The molecule has 1 fully saturated rings. The lowest BCUT2D eigenvalue weighted by Crippen LogP contribution is -2.63. The van der Waals surface area contributed by atoms with E-state index >= 15 is 0 Å². The highest BCUT2D eigenvalue weighted by Gasteiger charge is 2.50. The molecule has 0 aromatic heterocycles. The molecular formula is C24H38N4O8S. The van der Waals surface area contributed by atoms with Gasteiger partial charge in [0.15, 0.2) is 0 Å². The van der Waals surface area contributed by atoms with E-state index in [2.05, 4.69) is 0 Å². The van der Waals surface area contributed by atoms with Crippen molar-refractivity contribution in [3.05, 3.63) is 24.3 Å². The molecule has 12 nitrogen and oxygen atoms in total. The van der Waals surface area contributed by atoms with Crippen LogP contribution in [0, 0.1) is 5.92 Å². The Hall–Kier alpha value is -2.90. The number of ether oxygens (including phenoxy) is 2. The predicted octanol–water partition coefficient (Wildman–Crippen LogP) is 0.985. The number of carbonyl (C=O) groups is 3. The molecule has 1 unspecified atom stereocenters. The number of sulfonamides is 1. The predicted molar refractivity (Wildman–Crippen MR) is 135 cm³/mol. The van der Waals surface area contributed by atoms with E-state index < -0.39 is 51.7 Å². The van der Waals surface area contributed by atoms with Crippen LogP contribution in [-0.2, 0) is 24.3 Å². The fraction of sp³-hybridized carbons (Fsp3) is 0.625. The molecule has 1 aliphatic rings. The van der Waals surface area contributed by atoms with Gasteiger partial charge in [-0.05, 0) is 45.0 Å². The quantitative estimate of drug-likeness (QED) is 0.437. The van der Waals surface area contributed by atoms with Gasteiger partial charge in [0.2, 0.25) is 21.7 Å². The first-order valence-corrected chi connectivity index (χ1v) is 13.4. The summed E-state index contributed by atoms with van der Waals surface area (Å²) in [6.07, 6.45) is -0.788. The molecule has 13 heteroatoms. The second-order valence-corrected chi connectivity index (χ2v) is 12.0. The van der Waals surface area contributed by atoms with Crippen LogP contribution in [0.2, 0.25) is 0 Å². The van der Waals surface area contributed by atoms with Crippen LogP contribution >= 0.6 is 0 Å². The van der Waals surface area contributed by atoms with Gasteiger partial charge >= 0.3 is 6.09 Å². The maximum atomic E-state index is 13.5. The molecule has 0 saturated carbocycles. The third-order valence-electron chi connectivity index (χ3n) is 6.01. The number of methoxy groups -OCH3 is 1. The van der Waals surface area contributed by atoms with Gasteiger partial charge in [0, 0.05) is 45.1 Å². The largest absolute Gasteiger partial charge is 0.497 e. The van der Waals surface area contributed by atoms with Crippen molar-refractivity contribution in [3.63, 3.8) is 0 Å². The zero-order valence-corrected chi connectivity index (χ0v) is 23.1. The van der Waals surface area contributed by atoms with Crippen LogP contribution < -0.4 is 10.5 Å². The van der Waals surface area contributed by atoms with E-state index in [1.54, 1.807) is 20.8 Å². The van der Waals surface area contributed by atoms with Gasteiger partial charge in [0.25, 0.3) is 5.91 Å². The Labute approximate surface area is 218 Å². The average Bonchev–Trinajstić information content (AvgIpc) is 2.82. The van der Waals surface area contributed by atoms with Crippen LogP contribution in [0.15, 0.2) is 29.2 Å². The number of amides is 3. The Balaban J connectivity index is 2.21. The summed E-state index contributed by atoms with van der Waals surface area (Å²) in [5, 5.41) is 11.2. The number of rotatable bonds is 9. The van der Waals surface area contributed by atoms with E-state index in [1.165, 1.54) is 55.0 Å². The van der Waals surface area contributed by atoms with E-state index in [0.717, 1.165) is 0 Å². The van der Waals surface area contributed by atoms with Crippen LogP contribution in [0.25, 0.3) is 0 Å². The third-order valence-corrected chi connectivity index (χ3v) is 7.92. The molecule has 1 saturated heterocycles. The van der Waals surface area contributed by atoms with Crippen LogP contribution in [0.1, 0.15) is 41.0 Å². The summed E-state index contributed by atoms with van der Waals surface area (Å²) >= 11 is 0. The first kappa shape index (κ1) is 30.3. The smallest absolute Gasteiger partial charge is 0.410 e. The Morgan fingerprint density at radius 3 is 2.00 bits per heavy atom. The van der Waals surface area contributed by atoms with Gasteiger partial charge < -0.3 is 30.1 Å². The second kappa shape index (κ2) is 11.7. The molecule has 2 rings (SSSR count). The number of primary amides is 1. The summed E-state index contributed by atoms with van der Waals surface area (Å²) < 4.78 is 38.1. The van der Waals surface area contributed by atoms with Crippen molar-refractivity contribution in [2.45, 2.75) is 57.3 Å². The highest BCUT2D eigenvalue weighted by atomic mass is 32.2. The molecule has 0 bridgehead atoms. The van der Waals surface area contributed by atoms with E-state index in [4.69, 9.17) is 15.2 Å². The van der Waals surface area contributed by atoms with Gasteiger partial charge in [-0.25, -0.2) is 13.2 Å². The maximum Gasteiger partial charge on any atom is 0.410 e. The lowest BCUT2D eigenvalue weighted by molar-refractivity contribution is -0.159. The second-order valence-electron chi connectivity index (χ2n) is 10.1. The minimum absolute atomic E-state index is 0.202. The van der Waals surface area contributed by atoms with Crippen molar-refractivity contribution in [2.75, 3.05) is 39.8 Å². The monoisotopic (exact) mass is 542 g/mol. The summed E-state index contributed by atoms with van der Waals surface area (Å²) in [6, 6.07) is 5.42. The van der Waals surface area contributed by atoms with Crippen molar-refractivity contribution < 1.29 is 37.4 Å². The Morgan fingerprint density at radius 1 is 1.05 bits per heavy atom. The number of benzene rings is 1. The standard InChI is InChI=1S/C24H38N4O8S/c1-17(2)24(32,21(25)30)28(37(33,34)19-9-7-18(35-6)8-10-19)12-11-20(29)26-13-15-27(16-14-26)22(31)36-23(3,4)5/h7-10,17,32H,11-16H2,1-6H3,(H2,25,30). The maximum absolute atomic E-state index is 13.5. The summed E-state index contributed by atoms with van der Waals surface area (Å²) in [5.74, 6) is -2.14. The number of hydrogen-bond donors (Lipinski definition) is 2. The molecule has 1 aromatic carbocycles. The van der Waals surface area contributed by atoms with Crippen molar-refractivity contribution in [3.8, 4) is 5.75 Å². The Kier molecular flexibility index (Phi) is 9.55. The van der Waals surface area contributed by atoms with Crippen LogP contribution in [0.3, 0.4) is 0 Å². The Bertz CT molecular complexity index is 1080. The fourth-order valence-corrected chi connectivity index (χ4v) is 5.60. The van der Waals surface area contributed by atoms with Crippen LogP contribution in [0.4, 0.5) is 4.79 Å². The molecular weight excluding hydrogens is 504 g/mol. The summed E-state index contributed by atoms with van der Waals surface area (Å²) in [7, 11) is -3.02.